The minimum Gasteiger partial charge on any atom is -0.355 e. The number of hydrogen-bond donors (Lipinski definition) is 1. The van der Waals surface area contributed by atoms with E-state index >= 15 is 0 Å². The van der Waals surface area contributed by atoms with Crippen molar-refractivity contribution in [3.05, 3.63) is 41.4 Å². The maximum atomic E-state index is 12.2. The van der Waals surface area contributed by atoms with Crippen LogP contribution in [0.1, 0.15) is 26.0 Å². The molecule has 132 valence electrons. The van der Waals surface area contributed by atoms with Crippen LogP contribution in [0.15, 0.2) is 35.7 Å². The molecule has 6 heteroatoms. The largest absolute Gasteiger partial charge is 0.355 e. The molecule has 0 spiro atoms. The predicted molar refractivity (Wildman–Crippen MR) is 99.2 cm³/mol. The van der Waals surface area contributed by atoms with Crippen molar-refractivity contribution in [1.82, 2.24) is 15.2 Å². The summed E-state index contributed by atoms with van der Waals surface area (Å²) in [6.45, 7) is 5.31. The van der Waals surface area contributed by atoms with Gasteiger partial charge in [0.25, 0.3) is 0 Å². The number of hydrogen-bond acceptors (Lipinski definition) is 4. The molecular formula is C19H23N3O2S. The van der Waals surface area contributed by atoms with Crippen LogP contribution in [-0.4, -0.2) is 40.8 Å². The summed E-state index contributed by atoms with van der Waals surface area (Å²) in [7, 11) is 0. The molecule has 2 amide bonds. The Morgan fingerprint density at radius 3 is 2.80 bits per heavy atom. The van der Waals surface area contributed by atoms with E-state index in [1.165, 1.54) is 0 Å². The maximum absolute atomic E-state index is 12.2. The number of likely N-dealkylation sites (tertiary alicyclic amines) is 1. The Hall–Kier alpha value is -2.21. The molecule has 1 aliphatic rings. The number of benzene rings is 1. The number of rotatable bonds is 6. The van der Waals surface area contributed by atoms with E-state index in [2.05, 4.69) is 10.3 Å². The Balaban J connectivity index is 1.49. The van der Waals surface area contributed by atoms with Crippen LogP contribution in [-0.2, 0) is 16.0 Å². The van der Waals surface area contributed by atoms with E-state index in [9.17, 15) is 9.59 Å². The summed E-state index contributed by atoms with van der Waals surface area (Å²) in [5, 5.41) is 5.81. The van der Waals surface area contributed by atoms with Crippen molar-refractivity contribution in [2.24, 2.45) is 5.92 Å². The lowest BCUT2D eigenvalue weighted by Crippen LogP contribution is -2.34. The lowest BCUT2D eigenvalue weighted by Gasteiger charge is -2.21. The van der Waals surface area contributed by atoms with Crippen molar-refractivity contribution in [1.29, 1.82) is 0 Å². The van der Waals surface area contributed by atoms with Crippen LogP contribution in [0.3, 0.4) is 0 Å². The summed E-state index contributed by atoms with van der Waals surface area (Å²) in [4.78, 5) is 30.5. The van der Waals surface area contributed by atoms with Crippen molar-refractivity contribution >= 4 is 23.2 Å². The number of nitrogens with one attached hydrogen (secondary N) is 1. The highest BCUT2D eigenvalue weighted by molar-refractivity contribution is 7.13. The molecule has 1 atom stereocenters. The second-order valence-corrected chi connectivity index (χ2v) is 7.56. The smallest absolute Gasteiger partial charge is 0.226 e. The van der Waals surface area contributed by atoms with E-state index in [0.717, 1.165) is 22.8 Å². The Morgan fingerprint density at radius 1 is 1.36 bits per heavy atom. The highest BCUT2D eigenvalue weighted by Gasteiger charge is 2.31. The van der Waals surface area contributed by atoms with Gasteiger partial charge < -0.3 is 10.2 Å². The molecule has 1 aromatic heterocycles. The average molecular weight is 357 g/mol. The summed E-state index contributed by atoms with van der Waals surface area (Å²) in [6, 6.07) is 10.2. The highest BCUT2D eigenvalue weighted by atomic mass is 32.1. The molecule has 1 fully saturated rings. The van der Waals surface area contributed by atoms with Crippen LogP contribution in [0, 0.1) is 5.92 Å². The Bertz CT molecular complexity index is 742. The fourth-order valence-electron chi connectivity index (χ4n) is 3.03. The third-order valence-electron chi connectivity index (χ3n) is 4.36. The molecular weight excluding hydrogens is 334 g/mol. The van der Waals surface area contributed by atoms with Crippen molar-refractivity contribution < 1.29 is 9.59 Å². The number of amides is 2. The molecule has 1 aromatic carbocycles. The third-order valence-corrected chi connectivity index (χ3v) is 5.30. The zero-order valence-corrected chi connectivity index (χ0v) is 15.4. The van der Waals surface area contributed by atoms with Gasteiger partial charge in [0.2, 0.25) is 11.8 Å². The Kier molecular flexibility index (Phi) is 5.48. The summed E-state index contributed by atoms with van der Waals surface area (Å²) >= 11 is 1.55. The second-order valence-electron chi connectivity index (χ2n) is 6.70. The molecule has 25 heavy (non-hydrogen) atoms. The minimum absolute atomic E-state index is 0.0413. The molecule has 1 N–H and O–H groups in total. The first-order chi connectivity index (χ1) is 12.0. The molecule has 1 aliphatic heterocycles. The number of carbonyl (C=O) groups excluding carboxylic acids is 2. The standard InChI is InChI=1S/C19H23N3O2S/c1-13(2)22-11-14(8-18(22)24)10-20-17(23)9-16-12-25-19(21-16)15-6-4-3-5-7-15/h3-7,12-14H,8-11H2,1-2H3,(H,20,23). The quantitative estimate of drug-likeness (QED) is 0.865. The first-order valence-corrected chi connectivity index (χ1v) is 9.47. The lowest BCUT2D eigenvalue weighted by molar-refractivity contribution is -0.129. The first-order valence-electron chi connectivity index (χ1n) is 8.59. The monoisotopic (exact) mass is 357 g/mol. The van der Waals surface area contributed by atoms with Gasteiger partial charge in [0.05, 0.1) is 12.1 Å². The summed E-state index contributed by atoms with van der Waals surface area (Å²) in [5.74, 6) is 0.343. The zero-order valence-electron chi connectivity index (χ0n) is 14.6. The fraction of sp³-hybridized carbons (Fsp3) is 0.421. The third kappa shape index (κ3) is 4.45. The van der Waals surface area contributed by atoms with Gasteiger partial charge in [-0.15, -0.1) is 11.3 Å². The van der Waals surface area contributed by atoms with E-state index in [1.54, 1.807) is 11.3 Å². The summed E-state index contributed by atoms with van der Waals surface area (Å²) in [6.07, 6.45) is 0.797. The topological polar surface area (TPSA) is 62.3 Å². The molecule has 0 radical (unpaired) electrons. The zero-order chi connectivity index (χ0) is 17.8. The minimum atomic E-state index is -0.0413. The molecule has 0 bridgehead atoms. The van der Waals surface area contributed by atoms with Gasteiger partial charge in [-0.1, -0.05) is 30.3 Å². The molecule has 2 aromatic rings. The van der Waals surface area contributed by atoms with Gasteiger partial charge in [0.15, 0.2) is 0 Å². The van der Waals surface area contributed by atoms with Crippen LogP contribution < -0.4 is 5.32 Å². The molecule has 2 heterocycles. The average Bonchev–Trinajstić information content (AvgIpc) is 3.20. The van der Waals surface area contributed by atoms with Crippen LogP contribution in [0.5, 0.6) is 0 Å². The Morgan fingerprint density at radius 2 is 2.12 bits per heavy atom. The highest BCUT2D eigenvalue weighted by Crippen LogP contribution is 2.23. The summed E-state index contributed by atoms with van der Waals surface area (Å²) in [5.41, 5.74) is 1.85. The Labute approximate surface area is 152 Å². The summed E-state index contributed by atoms with van der Waals surface area (Å²) < 4.78 is 0. The van der Waals surface area contributed by atoms with Crippen molar-refractivity contribution in [2.75, 3.05) is 13.1 Å². The van der Waals surface area contributed by atoms with E-state index in [-0.39, 0.29) is 30.2 Å². The van der Waals surface area contributed by atoms with Gasteiger partial charge in [-0.25, -0.2) is 4.98 Å². The van der Waals surface area contributed by atoms with Gasteiger partial charge >= 0.3 is 0 Å². The van der Waals surface area contributed by atoms with Gasteiger partial charge in [-0.2, -0.15) is 0 Å². The van der Waals surface area contributed by atoms with Crippen molar-refractivity contribution in [3.63, 3.8) is 0 Å². The molecule has 0 saturated carbocycles. The van der Waals surface area contributed by atoms with E-state index in [4.69, 9.17) is 0 Å². The van der Waals surface area contributed by atoms with Crippen molar-refractivity contribution in [3.8, 4) is 10.6 Å². The maximum Gasteiger partial charge on any atom is 0.226 e. The lowest BCUT2D eigenvalue weighted by atomic mass is 10.1. The van der Waals surface area contributed by atoms with Gasteiger partial charge in [0, 0.05) is 42.4 Å². The fourth-order valence-corrected chi connectivity index (χ4v) is 3.86. The van der Waals surface area contributed by atoms with Crippen molar-refractivity contribution in [2.45, 2.75) is 32.7 Å². The molecule has 3 rings (SSSR count). The van der Waals surface area contributed by atoms with Gasteiger partial charge in [-0.05, 0) is 13.8 Å². The molecule has 5 nitrogen and oxygen atoms in total. The van der Waals surface area contributed by atoms with Crippen LogP contribution >= 0.6 is 11.3 Å². The van der Waals surface area contributed by atoms with Crippen LogP contribution in [0.4, 0.5) is 0 Å². The number of carbonyl (C=O) groups is 2. The molecule has 0 aliphatic carbocycles. The normalized spacial score (nSPS) is 17.3. The first kappa shape index (κ1) is 17.6. The van der Waals surface area contributed by atoms with Crippen LogP contribution in [0.25, 0.3) is 10.6 Å². The number of aromatic nitrogens is 1. The number of nitrogens with zero attached hydrogens (tertiary/aromatic N) is 2. The van der Waals surface area contributed by atoms with E-state index in [1.807, 2.05) is 54.5 Å². The number of thiazole rings is 1. The second kappa shape index (κ2) is 7.78. The van der Waals surface area contributed by atoms with Gasteiger partial charge in [0.1, 0.15) is 5.01 Å². The molecule has 1 unspecified atom stereocenters. The van der Waals surface area contributed by atoms with Crippen LogP contribution in [0.2, 0.25) is 0 Å². The van der Waals surface area contributed by atoms with E-state index < -0.39 is 0 Å². The molecule has 1 saturated heterocycles. The van der Waals surface area contributed by atoms with Gasteiger partial charge in [-0.3, -0.25) is 9.59 Å². The van der Waals surface area contributed by atoms with E-state index in [0.29, 0.717) is 13.0 Å². The predicted octanol–water partition coefficient (Wildman–Crippen LogP) is 2.73. The SMILES string of the molecule is CC(C)N1CC(CNC(=O)Cc2csc(-c3ccccc3)n2)CC1=O.